The smallest absolute Gasteiger partial charge is 0.228 e. The van der Waals surface area contributed by atoms with Crippen LogP contribution in [0.1, 0.15) is 122 Å². The van der Waals surface area contributed by atoms with Gasteiger partial charge in [0.1, 0.15) is 17.3 Å². The van der Waals surface area contributed by atoms with Crippen LogP contribution in [-0.4, -0.2) is 22.1 Å². The van der Waals surface area contributed by atoms with Gasteiger partial charge in [0.25, 0.3) is 0 Å². The molecule has 0 saturated carbocycles. The minimum absolute atomic E-state index is 0.0110. The Morgan fingerprint density at radius 1 is 0.717 bits per heavy atom. The van der Waals surface area contributed by atoms with Gasteiger partial charge in [-0.15, -0.1) is 0 Å². The summed E-state index contributed by atoms with van der Waals surface area (Å²) in [5.41, 5.74) is 7.85. The Kier molecular flexibility index (Phi) is 8.33. The molecular formula is C41H53N3O2. The molecular weight excluding hydrogens is 566 g/mol. The third-order valence-corrected chi connectivity index (χ3v) is 9.00. The number of anilines is 1. The van der Waals surface area contributed by atoms with Crippen LogP contribution in [0.4, 0.5) is 5.82 Å². The second kappa shape index (κ2) is 11.4. The first-order valence-corrected chi connectivity index (χ1v) is 16.5. The summed E-state index contributed by atoms with van der Waals surface area (Å²) in [6.07, 6.45) is 0.660. The maximum atomic E-state index is 11.8. The fourth-order valence-corrected chi connectivity index (χ4v) is 6.09. The molecule has 4 aromatic rings. The summed E-state index contributed by atoms with van der Waals surface area (Å²) in [6.45, 7) is 27.2. The molecule has 0 amide bonds. The first kappa shape index (κ1) is 33.5. The Morgan fingerprint density at radius 3 is 1.85 bits per heavy atom. The van der Waals surface area contributed by atoms with Gasteiger partial charge in [-0.2, -0.15) is 4.98 Å². The number of fused-ring (bicyclic) bond motifs is 2. The van der Waals surface area contributed by atoms with Crippen LogP contribution in [0, 0.1) is 0 Å². The highest BCUT2D eigenvalue weighted by atomic mass is 16.5. The molecule has 46 heavy (non-hydrogen) atoms. The van der Waals surface area contributed by atoms with Crippen molar-refractivity contribution in [3.05, 3.63) is 93.5 Å². The number of hydrogen-bond donors (Lipinski definition) is 1. The van der Waals surface area contributed by atoms with E-state index in [0.29, 0.717) is 30.2 Å². The van der Waals surface area contributed by atoms with Gasteiger partial charge in [0.2, 0.25) is 5.88 Å². The topological polar surface area (TPSA) is 58.5 Å². The molecule has 0 bridgehead atoms. The van der Waals surface area contributed by atoms with E-state index in [-0.39, 0.29) is 27.4 Å². The van der Waals surface area contributed by atoms with Gasteiger partial charge in [0.15, 0.2) is 5.82 Å². The normalized spacial score (nSPS) is 13.6. The number of ether oxygens (including phenoxy) is 1. The molecule has 1 aliphatic rings. The van der Waals surface area contributed by atoms with E-state index >= 15 is 0 Å². The number of aromatic nitrogens is 2. The van der Waals surface area contributed by atoms with Crippen molar-refractivity contribution in [2.24, 2.45) is 0 Å². The van der Waals surface area contributed by atoms with Crippen molar-refractivity contribution in [1.82, 2.24) is 9.97 Å². The van der Waals surface area contributed by atoms with E-state index in [2.05, 4.69) is 144 Å². The third-order valence-electron chi connectivity index (χ3n) is 9.00. The first-order chi connectivity index (χ1) is 21.1. The van der Waals surface area contributed by atoms with Gasteiger partial charge in [-0.25, -0.2) is 4.98 Å². The van der Waals surface area contributed by atoms with E-state index in [4.69, 9.17) is 14.7 Å². The van der Waals surface area contributed by atoms with E-state index in [1.54, 1.807) is 0 Å². The molecule has 1 aliphatic heterocycles. The highest BCUT2D eigenvalue weighted by Gasteiger charge is 2.34. The lowest BCUT2D eigenvalue weighted by molar-refractivity contribution is 0.417. The number of rotatable bonds is 4. The van der Waals surface area contributed by atoms with Gasteiger partial charge in [0.05, 0.1) is 11.1 Å². The fourth-order valence-electron chi connectivity index (χ4n) is 6.09. The zero-order chi connectivity index (χ0) is 34.0. The van der Waals surface area contributed by atoms with Gasteiger partial charge in [0, 0.05) is 36.7 Å². The molecule has 1 aromatic heterocycles. The van der Waals surface area contributed by atoms with Crippen LogP contribution in [0.15, 0.2) is 54.6 Å². The summed E-state index contributed by atoms with van der Waals surface area (Å²) in [5, 5.41) is 11.8. The van der Waals surface area contributed by atoms with Gasteiger partial charge in [-0.1, -0.05) is 132 Å². The first-order valence-electron chi connectivity index (χ1n) is 16.5. The highest BCUT2D eigenvalue weighted by molar-refractivity contribution is 5.72. The molecule has 0 radical (unpaired) electrons. The van der Waals surface area contributed by atoms with Crippen LogP contribution in [0.25, 0.3) is 11.4 Å². The number of phenols is 1. The molecule has 2 heterocycles. The summed E-state index contributed by atoms with van der Waals surface area (Å²) >= 11 is 0. The quantitative estimate of drug-likeness (QED) is 0.217. The minimum atomic E-state index is -0.275. The second-order valence-corrected chi connectivity index (χ2v) is 17.2. The molecule has 5 heteroatoms. The standard InChI is InChI=1S/C41H53N3O2/c1-38(2,3)27-19-26-20-30-36(44(13)24-25-17-15-14-16-18-25)42-35(43-37(30)46-34(26)32(23-27)41(10,11)12)29-21-28(39(4,5)6)22-31(33(29)45)40(7,8)9/h14-19,21-23,45H,20,24H2,1-13H3. The zero-order valence-electron chi connectivity index (χ0n) is 30.3. The molecule has 0 saturated heterocycles. The van der Waals surface area contributed by atoms with Crippen molar-refractivity contribution in [2.75, 3.05) is 11.9 Å². The van der Waals surface area contributed by atoms with E-state index in [1.165, 1.54) is 16.7 Å². The second-order valence-electron chi connectivity index (χ2n) is 17.2. The number of phenolic OH excluding ortho intramolecular Hbond substituents is 1. The summed E-state index contributed by atoms with van der Waals surface area (Å²) in [7, 11) is 2.08. The van der Waals surface area contributed by atoms with Gasteiger partial charge < -0.3 is 14.7 Å². The number of benzene rings is 3. The average molecular weight is 620 g/mol. The van der Waals surface area contributed by atoms with Crippen LogP contribution in [0.2, 0.25) is 0 Å². The van der Waals surface area contributed by atoms with E-state index in [0.717, 1.165) is 33.8 Å². The summed E-state index contributed by atoms with van der Waals surface area (Å²) in [6, 6.07) is 19.2. The lowest BCUT2D eigenvalue weighted by Crippen LogP contribution is -2.24. The van der Waals surface area contributed by atoms with Gasteiger partial charge in [-0.05, 0) is 44.4 Å². The van der Waals surface area contributed by atoms with E-state index < -0.39 is 0 Å². The van der Waals surface area contributed by atoms with Crippen molar-refractivity contribution >= 4 is 5.82 Å². The molecule has 5 rings (SSSR count). The molecule has 0 fully saturated rings. The predicted octanol–water partition coefficient (Wildman–Crippen LogP) is 10.4. The Hall–Kier alpha value is -3.86. The lowest BCUT2D eigenvalue weighted by Gasteiger charge is -2.33. The molecule has 244 valence electrons. The largest absolute Gasteiger partial charge is 0.507 e. The van der Waals surface area contributed by atoms with E-state index in [1.807, 2.05) is 6.07 Å². The Labute approximate surface area is 277 Å². The maximum absolute atomic E-state index is 11.8. The third kappa shape index (κ3) is 6.65. The zero-order valence-corrected chi connectivity index (χ0v) is 30.3. The van der Waals surface area contributed by atoms with Gasteiger partial charge in [-0.3, -0.25) is 0 Å². The number of nitrogens with zero attached hydrogens (tertiary/aromatic N) is 3. The van der Waals surface area contributed by atoms with Crippen LogP contribution in [-0.2, 0) is 34.6 Å². The molecule has 5 nitrogen and oxygen atoms in total. The summed E-state index contributed by atoms with van der Waals surface area (Å²) in [4.78, 5) is 12.5. The van der Waals surface area contributed by atoms with Crippen molar-refractivity contribution in [2.45, 2.75) is 118 Å². The number of hydrogen-bond acceptors (Lipinski definition) is 5. The van der Waals surface area contributed by atoms with Crippen LogP contribution in [0.5, 0.6) is 17.4 Å². The predicted molar refractivity (Wildman–Crippen MR) is 192 cm³/mol. The fraction of sp³-hybridized carbons (Fsp3) is 0.463. The Bertz CT molecular complexity index is 1760. The Balaban J connectivity index is 1.77. The maximum Gasteiger partial charge on any atom is 0.228 e. The highest BCUT2D eigenvalue weighted by Crippen LogP contribution is 2.48. The number of aromatic hydroxyl groups is 1. The van der Waals surface area contributed by atoms with Crippen molar-refractivity contribution < 1.29 is 9.84 Å². The summed E-state index contributed by atoms with van der Waals surface area (Å²) in [5.74, 6) is 2.94. The SMILES string of the molecule is CN(Cc1ccccc1)c1nc(-c2cc(C(C)(C)C)cc(C(C)(C)C)c2O)nc2c1Cc1cc(C(C)(C)C)cc(C(C)(C)C)c1O2. The van der Waals surface area contributed by atoms with Crippen molar-refractivity contribution in [1.29, 1.82) is 0 Å². The Morgan fingerprint density at radius 2 is 1.28 bits per heavy atom. The van der Waals surface area contributed by atoms with Gasteiger partial charge >= 0.3 is 0 Å². The molecule has 0 spiro atoms. The minimum Gasteiger partial charge on any atom is -0.507 e. The van der Waals surface area contributed by atoms with Crippen molar-refractivity contribution in [3.63, 3.8) is 0 Å². The summed E-state index contributed by atoms with van der Waals surface area (Å²) < 4.78 is 6.88. The van der Waals surface area contributed by atoms with Crippen LogP contribution >= 0.6 is 0 Å². The monoisotopic (exact) mass is 619 g/mol. The van der Waals surface area contributed by atoms with Crippen LogP contribution in [0.3, 0.4) is 0 Å². The average Bonchev–Trinajstić information content (AvgIpc) is 2.93. The van der Waals surface area contributed by atoms with Crippen molar-refractivity contribution in [3.8, 4) is 28.8 Å². The molecule has 0 atom stereocenters. The van der Waals surface area contributed by atoms with Crippen LogP contribution < -0.4 is 9.64 Å². The molecule has 3 aromatic carbocycles. The van der Waals surface area contributed by atoms with E-state index in [9.17, 15) is 5.11 Å². The molecule has 0 aliphatic carbocycles. The lowest BCUT2D eigenvalue weighted by atomic mass is 9.78. The molecule has 1 N–H and O–H groups in total. The molecule has 0 unspecified atom stereocenters.